The molecule has 1 heterocycles. The maximum Gasteiger partial charge on any atom is 0.234 e. The van der Waals surface area contributed by atoms with Gasteiger partial charge in [-0.15, -0.1) is 0 Å². The van der Waals surface area contributed by atoms with Gasteiger partial charge in [-0.3, -0.25) is 9.69 Å². The molecule has 1 aromatic rings. The number of aryl methyl sites for hydroxylation is 1. The summed E-state index contributed by atoms with van der Waals surface area (Å²) < 4.78 is 0. The van der Waals surface area contributed by atoms with E-state index in [1.807, 2.05) is 18.2 Å². The lowest BCUT2D eigenvalue weighted by Crippen LogP contribution is -2.37. The first-order chi connectivity index (χ1) is 9.24. The highest BCUT2D eigenvalue weighted by Crippen LogP contribution is 2.05. The Bertz CT molecular complexity index is 394. The number of nitrogens with zero attached hydrogens (tertiary/aromatic N) is 1. The van der Waals surface area contributed by atoms with Crippen molar-refractivity contribution in [3.05, 3.63) is 35.9 Å². The molecule has 0 aliphatic carbocycles. The summed E-state index contributed by atoms with van der Waals surface area (Å²) in [7, 11) is 0. The molecule has 0 bridgehead atoms. The third-order valence-electron chi connectivity index (χ3n) is 3.48. The first kappa shape index (κ1) is 14.0. The van der Waals surface area contributed by atoms with Gasteiger partial charge >= 0.3 is 0 Å². The molecule has 1 aliphatic heterocycles. The fraction of sp³-hybridized carbons (Fsp3) is 0.533. The first-order valence-electron chi connectivity index (χ1n) is 7.02. The zero-order chi connectivity index (χ0) is 13.5. The molecule has 1 aromatic carbocycles. The summed E-state index contributed by atoms with van der Waals surface area (Å²) in [6, 6.07) is 10.6. The van der Waals surface area contributed by atoms with Crippen LogP contribution in [0.3, 0.4) is 0 Å². The van der Waals surface area contributed by atoms with Crippen molar-refractivity contribution in [2.45, 2.75) is 25.3 Å². The lowest BCUT2D eigenvalue weighted by Gasteiger charge is -2.14. The number of hydrogen-bond acceptors (Lipinski definition) is 3. The molecule has 1 aliphatic rings. The van der Waals surface area contributed by atoms with Gasteiger partial charge in [0.05, 0.1) is 6.54 Å². The molecule has 1 fully saturated rings. The van der Waals surface area contributed by atoms with E-state index in [0.717, 1.165) is 38.9 Å². The maximum absolute atomic E-state index is 11.7. The molecule has 1 amide bonds. The van der Waals surface area contributed by atoms with Crippen molar-refractivity contribution >= 4 is 5.91 Å². The number of amides is 1. The van der Waals surface area contributed by atoms with Crippen LogP contribution in [0.5, 0.6) is 0 Å². The van der Waals surface area contributed by atoms with Crippen LogP contribution < -0.4 is 11.1 Å². The second-order valence-electron chi connectivity index (χ2n) is 5.22. The van der Waals surface area contributed by atoms with Crippen LogP contribution in [0, 0.1) is 0 Å². The van der Waals surface area contributed by atoms with Gasteiger partial charge in [0, 0.05) is 25.7 Å². The first-order valence-corrected chi connectivity index (χ1v) is 7.02. The molecule has 0 spiro atoms. The second kappa shape index (κ2) is 7.26. The Kier molecular flexibility index (Phi) is 5.36. The highest BCUT2D eigenvalue weighted by molar-refractivity contribution is 5.78. The number of carbonyl (C=O) groups is 1. The predicted octanol–water partition coefficient (Wildman–Crippen LogP) is 0.768. The van der Waals surface area contributed by atoms with Crippen molar-refractivity contribution in [1.29, 1.82) is 0 Å². The van der Waals surface area contributed by atoms with Crippen LogP contribution in [0.15, 0.2) is 30.3 Å². The second-order valence-corrected chi connectivity index (χ2v) is 5.22. The molecular formula is C15H23N3O. The molecule has 4 heteroatoms. The van der Waals surface area contributed by atoms with E-state index in [9.17, 15) is 4.79 Å². The van der Waals surface area contributed by atoms with Crippen LogP contribution in [0.1, 0.15) is 18.4 Å². The Morgan fingerprint density at radius 2 is 2.16 bits per heavy atom. The molecule has 1 atom stereocenters. The van der Waals surface area contributed by atoms with E-state index in [0.29, 0.717) is 6.54 Å². The monoisotopic (exact) mass is 261 g/mol. The molecule has 0 radical (unpaired) electrons. The number of carbonyl (C=O) groups excluding carboxylic acids is 1. The van der Waals surface area contributed by atoms with Crippen LogP contribution >= 0.6 is 0 Å². The molecule has 1 saturated heterocycles. The topological polar surface area (TPSA) is 58.4 Å². The van der Waals surface area contributed by atoms with E-state index in [1.54, 1.807) is 0 Å². The van der Waals surface area contributed by atoms with Gasteiger partial charge in [-0.05, 0) is 24.8 Å². The van der Waals surface area contributed by atoms with Gasteiger partial charge in [-0.25, -0.2) is 0 Å². The molecule has 3 N–H and O–H groups in total. The van der Waals surface area contributed by atoms with Crippen molar-refractivity contribution in [1.82, 2.24) is 10.2 Å². The summed E-state index contributed by atoms with van der Waals surface area (Å²) in [4.78, 5) is 13.8. The summed E-state index contributed by atoms with van der Waals surface area (Å²) in [5, 5.41) is 2.97. The van der Waals surface area contributed by atoms with Gasteiger partial charge in [-0.1, -0.05) is 30.3 Å². The quantitative estimate of drug-likeness (QED) is 0.744. The molecule has 0 aromatic heterocycles. The molecule has 19 heavy (non-hydrogen) atoms. The summed E-state index contributed by atoms with van der Waals surface area (Å²) in [5.41, 5.74) is 7.14. The van der Waals surface area contributed by atoms with Crippen molar-refractivity contribution in [3.8, 4) is 0 Å². The summed E-state index contributed by atoms with van der Waals surface area (Å²) in [5.74, 6) is 0.113. The van der Waals surface area contributed by atoms with Crippen molar-refractivity contribution in [2.24, 2.45) is 5.73 Å². The van der Waals surface area contributed by atoms with E-state index in [-0.39, 0.29) is 11.9 Å². The summed E-state index contributed by atoms with van der Waals surface area (Å²) in [6.07, 6.45) is 2.99. The highest BCUT2D eigenvalue weighted by Gasteiger charge is 2.20. The van der Waals surface area contributed by atoms with E-state index in [4.69, 9.17) is 5.73 Å². The Morgan fingerprint density at radius 1 is 1.37 bits per heavy atom. The standard InChI is InChI=1S/C15H23N3O/c16-14-8-10-18(11-14)12-15(19)17-9-4-7-13-5-2-1-3-6-13/h1-3,5-6,14H,4,7-12,16H2,(H,17,19)/t14-/m0/s1. The average Bonchev–Trinajstić information content (AvgIpc) is 2.81. The van der Waals surface area contributed by atoms with E-state index in [1.165, 1.54) is 5.56 Å². The molecule has 104 valence electrons. The average molecular weight is 261 g/mol. The molecule has 2 rings (SSSR count). The minimum atomic E-state index is 0.113. The van der Waals surface area contributed by atoms with E-state index in [2.05, 4.69) is 22.3 Å². The lowest BCUT2D eigenvalue weighted by atomic mass is 10.1. The fourth-order valence-corrected chi connectivity index (χ4v) is 2.43. The predicted molar refractivity (Wildman–Crippen MR) is 76.8 cm³/mol. The van der Waals surface area contributed by atoms with Gasteiger partial charge in [0.1, 0.15) is 0 Å². The largest absolute Gasteiger partial charge is 0.355 e. The van der Waals surface area contributed by atoms with E-state index >= 15 is 0 Å². The highest BCUT2D eigenvalue weighted by atomic mass is 16.2. The summed E-state index contributed by atoms with van der Waals surface area (Å²) in [6.45, 7) is 3.02. The van der Waals surface area contributed by atoms with Crippen molar-refractivity contribution in [2.75, 3.05) is 26.2 Å². The number of nitrogens with one attached hydrogen (secondary N) is 1. The molecular weight excluding hydrogens is 238 g/mol. The minimum absolute atomic E-state index is 0.113. The lowest BCUT2D eigenvalue weighted by molar-refractivity contribution is -0.122. The maximum atomic E-state index is 11.7. The van der Waals surface area contributed by atoms with Crippen LogP contribution in [0.4, 0.5) is 0 Å². The van der Waals surface area contributed by atoms with Crippen LogP contribution in [-0.2, 0) is 11.2 Å². The molecule has 0 unspecified atom stereocenters. The number of nitrogens with two attached hydrogens (primary N) is 1. The van der Waals surface area contributed by atoms with Gasteiger partial charge in [0.2, 0.25) is 5.91 Å². The van der Waals surface area contributed by atoms with Crippen LogP contribution in [0.25, 0.3) is 0 Å². The fourth-order valence-electron chi connectivity index (χ4n) is 2.43. The number of hydrogen-bond donors (Lipinski definition) is 2. The third kappa shape index (κ3) is 5.01. The number of rotatable bonds is 6. The zero-order valence-corrected chi connectivity index (χ0v) is 11.3. The Balaban J connectivity index is 1.57. The zero-order valence-electron chi connectivity index (χ0n) is 11.3. The SMILES string of the molecule is N[C@H]1CCN(CC(=O)NCCCc2ccccc2)C1. The van der Waals surface area contributed by atoms with Gasteiger partial charge in [-0.2, -0.15) is 0 Å². The van der Waals surface area contributed by atoms with Gasteiger partial charge in [0.25, 0.3) is 0 Å². The number of benzene rings is 1. The van der Waals surface area contributed by atoms with E-state index < -0.39 is 0 Å². The van der Waals surface area contributed by atoms with Gasteiger partial charge < -0.3 is 11.1 Å². The summed E-state index contributed by atoms with van der Waals surface area (Å²) >= 11 is 0. The smallest absolute Gasteiger partial charge is 0.234 e. The van der Waals surface area contributed by atoms with Crippen molar-refractivity contribution < 1.29 is 4.79 Å². The molecule has 4 nitrogen and oxygen atoms in total. The van der Waals surface area contributed by atoms with Crippen molar-refractivity contribution in [3.63, 3.8) is 0 Å². The van der Waals surface area contributed by atoms with Crippen LogP contribution in [0.2, 0.25) is 0 Å². The Morgan fingerprint density at radius 3 is 2.84 bits per heavy atom. The molecule has 0 saturated carbocycles. The third-order valence-corrected chi connectivity index (χ3v) is 3.48. The Labute approximate surface area is 115 Å². The van der Waals surface area contributed by atoms with Crippen LogP contribution in [-0.4, -0.2) is 43.0 Å². The normalized spacial score (nSPS) is 19.5. The number of likely N-dealkylation sites (tertiary alicyclic amines) is 1. The van der Waals surface area contributed by atoms with Gasteiger partial charge in [0.15, 0.2) is 0 Å². The minimum Gasteiger partial charge on any atom is -0.355 e. The Hall–Kier alpha value is -1.39.